The molecule has 0 saturated carbocycles. The van der Waals surface area contributed by atoms with Crippen LogP contribution in [-0.2, 0) is 4.57 Å². The van der Waals surface area contributed by atoms with Crippen molar-refractivity contribution in [2.24, 2.45) is 10.2 Å². The zero-order chi connectivity index (χ0) is 19.2. The largest absolute Gasteiger partial charge is 0.805 e. The van der Waals surface area contributed by atoms with Gasteiger partial charge in [0.2, 0.25) is 0 Å². The van der Waals surface area contributed by atoms with Gasteiger partial charge < -0.3 is 0 Å². The first-order valence-corrected chi connectivity index (χ1v) is 9.75. The molecule has 0 aliphatic rings. The maximum atomic E-state index is 12.2. The Bertz CT molecular complexity index is 1130. The molecule has 1 unspecified atom stereocenters. The Hall–Kier alpha value is -3.56. The fourth-order valence-electron chi connectivity index (χ4n) is 2.60. The van der Waals surface area contributed by atoms with Crippen molar-refractivity contribution in [3.05, 3.63) is 97.1 Å². The van der Waals surface area contributed by atoms with E-state index in [0.29, 0.717) is 17.2 Å². The summed E-state index contributed by atoms with van der Waals surface area (Å²) in [6, 6.07) is 29.7. The van der Waals surface area contributed by atoms with Crippen LogP contribution in [0.2, 0.25) is 0 Å². The third-order valence-electron chi connectivity index (χ3n) is 3.95. The number of hydrogen-bond donors (Lipinski definition) is 0. The molecule has 0 amide bonds. The standard InChI is InChI=1S/C22H16N2O3P/c25-28(27-22-13-10-17-6-4-5-7-18(17)16-22)26-21-14-11-20(12-15-21)24-23-19-8-2-1-3-9-19/h1-16H/q+1. The molecule has 0 aromatic heterocycles. The Balaban J connectivity index is 1.38. The number of fused-ring (bicyclic) bond motifs is 1. The van der Waals surface area contributed by atoms with Gasteiger partial charge in [-0.25, -0.2) is 9.05 Å². The molecule has 0 aliphatic heterocycles. The second kappa shape index (κ2) is 8.42. The van der Waals surface area contributed by atoms with E-state index < -0.39 is 8.25 Å². The first-order chi connectivity index (χ1) is 13.8. The van der Waals surface area contributed by atoms with Crippen LogP contribution >= 0.6 is 8.25 Å². The number of nitrogens with zero attached hydrogens (tertiary/aromatic N) is 2. The highest BCUT2D eigenvalue weighted by Crippen LogP contribution is 2.33. The molecular weight excluding hydrogens is 371 g/mol. The smallest absolute Gasteiger partial charge is 0.222 e. The van der Waals surface area contributed by atoms with Crippen LogP contribution in [0.3, 0.4) is 0 Å². The van der Waals surface area contributed by atoms with Crippen molar-refractivity contribution in [1.29, 1.82) is 0 Å². The van der Waals surface area contributed by atoms with E-state index in [9.17, 15) is 4.57 Å². The van der Waals surface area contributed by atoms with Crippen LogP contribution in [0, 0.1) is 0 Å². The predicted molar refractivity (Wildman–Crippen MR) is 110 cm³/mol. The molecule has 6 heteroatoms. The highest BCUT2D eigenvalue weighted by atomic mass is 31.1. The lowest BCUT2D eigenvalue weighted by molar-refractivity contribution is 0.416. The monoisotopic (exact) mass is 387 g/mol. The first kappa shape index (κ1) is 17.8. The lowest BCUT2D eigenvalue weighted by Crippen LogP contribution is -1.88. The summed E-state index contributed by atoms with van der Waals surface area (Å²) in [6.45, 7) is 0. The predicted octanol–water partition coefficient (Wildman–Crippen LogP) is 7.37. The first-order valence-electron chi connectivity index (χ1n) is 8.65. The minimum atomic E-state index is -2.35. The summed E-state index contributed by atoms with van der Waals surface area (Å²) in [5.74, 6) is 0.925. The van der Waals surface area contributed by atoms with Gasteiger partial charge in [0.15, 0.2) is 11.5 Å². The van der Waals surface area contributed by atoms with Gasteiger partial charge in [-0.1, -0.05) is 48.5 Å². The van der Waals surface area contributed by atoms with Gasteiger partial charge in [-0.3, -0.25) is 0 Å². The molecule has 0 spiro atoms. The summed E-state index contributed by atoms with van der Waals surface area (Å²) in [5, 5.41) is 10.4. The molecule has 0 bridgehead atoms. The molecule has 5 nitrogen and oxygen atoms in total. The molecule has 0 heterocycles. The van der Waals surface area contributed by atoms with Crippen molar-refractivity contribution in [3.8, 4) is 11.5 Å². The van der Waals surface area contributed by atoms with Gasteiger partial charge in [-0.05, 0) is 59.3 Å². The normalized spacial score (nSPS) is 11.5. The second-order valence-corrected chi connectivity index (χ2v) is 6.76. The molecule has 136 valence electrons. The van der Waals surface area contributed by atoms with Crippen LogP contribution in [0.4, 0.5) is 11.4 Å². The number of benzene rings is 4. The zero-order valence-corrected chi connectivity index (χ0v) is 15.7. The number of azo groups is 1. The molecule has 1 atom stereocenters. The molecule has 0 fully saturated rings. The molecule has 4 aromatic rings. The van der Waals surface area contributed by atoms with E-state index >= 15 is 0 Å². The van der Waals surface area contributed by atoms with Crippen molar-refractivity contribution in [1.82, 2.24) is 0 Å². The van der Waals surface area contributed by atoms with E-state index in [2.05, 4.69) is 10.2 Å². The van der Waals surface area contributed by atoms with Crippen LogP contribution in [-0.4, -0.2) is 0 Å². The SMILES string of the molecule is O=[P+](Oc1ccc(N=Nc2ccccc2)cc1)Oc1ccc2ccccc2c1. The summed E-state index contributed by atoms with van der Waals surface area (Å²) < 4.78 is 22.9. The van der Waals surface area contributed by atoms with Gasteiger partial charge in [0.05, 0.1) is 11.4 Å². The van der Waals surface area contributed by atoms with Gasteiger partial charge >= 0.3 is 8.25 Å². The van der Waals surface area contributed by atoms with Crippen molar-refractivity contribution < 1.29 is 13.6 Å². The maximum absolute atomic E-state index is 12.2. The Kier molecular flexibility index (Phi) is 5.36. The highest BCUT2D eigenvalue weighted by molar-refractivity contribution is 7.34. The van der Waals surface area contributed by atoms with Gasteiger partial charge in [0, 0.05) is 4.57 Å². The van der Waals surface area contributed by atoms with Crippen LogP contribution in [0.15, 0.2) is 107 Å². The van der Waals surface area contributed by atoms with E-state index in [0.717, 1.165) is 16.5 Å². The molecule has 0 aliphatic carbocycles. The summed E-state index contributed by atoms with van der Waals surface area (Å²) in [7, 11) is -2.35. The Morgan fingerprint density at radius 2 is 1.14 bits per heavy atom. The van der Waals surface area contributed by atoms with Gasteiger partial charge in [-0.15, -0.1) is 0 Å². The third kappa shape index (κ3) is 4.58. The zero-order valence-electron chi connectivity index (χ0n) is 14.8. The Labute approximate surface area is 163 Å². The van der Waals surface area contributed by atoms with Crippen molar-refractivity contribution in [3.63, 3.8) is 0 Å². The Morgan fingerprint density at radius 3 is 1.89 bits per heavy atom. The van der Waals surface area contributed by atoms with Gasteiger partial charge in [0.25, 0.3) is 0 Å². The Morgan fingerprint density at radius 1 is 0.571 bits per heavy atom. The topological polar surface area (TPSA) is 60.2 Å². The highest BCUT2D eigenvalue weighted by Gasteiger charge is 2.24. The lowest BCUT2D eigenvalue weighted by Gasteiger charge is -1.98. The molecule has 28 heavy (non-hydrogen) atoms. The molecule has 0 saturated heterocycles. The average Bonchev–Trinajstić information content (AvgIpc) is 2.74. The third-order valence-corrected chi connectivity index (χ3v) is 4.67. The molecule has 4 aromatic carbocycles. The van der Waals surface area contributed by atoms with E-state index in [1.165, 1.54) is 0 Å². The molecular formula is C22H16N2O3P+. The van der Waals surface area contributed by atoms with E-state index in [-0.39, 0.29) is 0 Å². The van der Waals surface area contributed by atoms with Gasteiger partial charge in [0.1, 0.15) is 0 Å². The summed E-state index contributed by atoms with van der Waals surface area (Å²) in [4.78, 5) is 0. The van der Waals surface area contributed by atoms with E-state index in [4.69, 9.17) is 9.05 Å². The van der Waals surface area contributed by atoms with Crippen molar-refractivity contribution >= 4 is 30.4 Å². The van der Waals surface area contributed by atoms with Crippen LogP contribution in [0.25, 0.3) is 10.8 Å². The quantitative estimate of drug-likeness (QED) is 0.256. The van der Waals surface area contributed by atoms with Crippen molar-refractivity contribution in [2.75, 3.05) is 0 Å². The fourth-order valence-corrected chi connectivity index (χ4v) is 3.22. The molecule has 0 N–H and O–H groups in total. The van der Waals surface area contributed by atoms with Gasteiger partial charge in [-0.2, -0.15) is 10.2 Å². The summed E-state index contributed by atoms with van der Waals surface area (Å²) in [5.41, 5.74) is 1.44. The summed E-state index contributed by atoms with van der Waals surface area (Å²) in [6.07, 6.45) is 0. The number of rotatable bonds is 6. The van der Waals surface area contributed by atoms with E-state index in [1.54, 1.807) is 30.3 Å². The summed E-state index contributed by atoms with van der Waals surface area (Å²) >= 11 is 0. The molecule has 0 radical (unpaired) electrons. The van der Waals surface area contributed by atoms with Crippen LogP contribution < -0.4 is 9.05 Å². The van der Waals surface area contributed by atoms with Crippen LogP contribution in [0.1, 0.15) is 0 Å². The minimum absolute atomic E-state index is 0.431. The maximum Gasteiger partial charge on any atom is 0.805 e. The lowest BCUT2D eigenvalue weighted by atomic mass is 10.1. The second-order valence-electron chi connectivity index (χ2n) is 5.94. The van der Waals surface area contributed by atoms with Crippen LogP contribution in [0.5, 0.6) is 11.5 Å². The average molecular weight is 387 g/mol. The minimum Gasteiger partial charge on any atom is -0.222 e. The molecule has 4 rings (SSSR count). The fraction of sp³-hybridized carbons (Fsp3) is 0. The van der Waals surface area contributed by atoms with Crippen molar-refractivity contribution in [2.45, 2.75) is 0 Å². The van der Waals surface area contributed by atoms with E-state index in [1.807, 2.05) is 66.7 Å². The number of hydrogen-bond acceptors (Lipinski definition) is 5.